The quantitative estimate of drug-likeness (QED) is 0.808. The lowest BCUT2D eigenvalue weighted by Gasteiger charge is -2.11. The Hall–Kier alpha value is -2.63. The van der Waals surface area contributed by atoms with Crippen LogP contribution in [0.25, 0.3) is 6.08 Å². The van der Waals surface area contributed by atoms with E-state index in [9.17, 15) is 4.79 Å². The molecule has 0 spiro atoms. The van der Waals surface area contributed by atoms with Crippen molar-refractivity contribution in [3.63, 3.8) is 0 Å². The Morgan fingerprint density at radius 2 is 2.10 bits per heavy atom. The first-order valence-electron chi connectivity index (χ1n) is 6.54. The fourth-order valence-corrected chi connectivity index (χ4v) is 2.53. The second-order valence-corrected chi connectivity index (χ2v) is 4.72. The zero-order chi connectivity index (χ0) is 15.0. The lowest BCUT2D eigenvalue weighted by atomic mass is 10.0. The molecule has 1 aliphatic rings. The summed E-state index contributed by atoms with van der Waals surface area (Å²) < 4.78 is 12.3. The molecule has 1 aromatic carbocycles. The van der Waals surface area contributed by atoms with E-state index >= 15 is 0 Å². The van der Waals surface area contributed by atoms with Crippen LogP contribution in [-0.4, -0.2) is 34.8 Å². The summed E-state index contributed by atoms with van der Waals surface area (Å²) in [6.45, 7) is 1.92. The maximum atomic E-state index is 12.4. The maximum Gasteiger partial charge on any atom is 0.228 e. The highest BCUT2D eigenvalue weighted by Gasteiger charge is 2.33. The molecule has 108 valence electrons. The molecule has 1 unspecified atom stereocenters. The Morgan fingerprint density at radius 3 is 2.76 bits per heavy atom. The molecule has 2 aromatic rings. The van der Waals surface area contributed by atoms with Crippen LogP contribution < -0.4 is 9.47 Å². The SMILES string of the molecule is COc1cccc(C=C2C(=O)c3ncnn3C2C)c1OC. The number of hydrogen-bond acceptors (Lipinski definition) is 5. The van der Waals surface area contributed by atoms with E-state index in [-0.39, 0.29) is 11.8 Å². The Balaban J connectivity index is 2.08. The average molecular weight is 285 g/mol. The molecule has 1 aromatic heterocycles. The Labute approximate surface area is 122 Å². The Kier molecular flexibility index (Phi) is 3.21. The van der Waals surface area contributed by atoms with Crippen LogP contribution in [0.3, 0.4) is 0 Å². The normalized spacial score (nSPS) is 18.9. The van der Waals surface area contributed by atoms with Crippen molar-refractivity contribution in [3.05, 3.63) is 41.5 Å². The Bertz CT molecular complexity index is 734. The number of fused-ring (bicyclic) bond motifs is 1. The third kappa shape index (κ3) is 1.99. The van der Waals surface area contributed by atoms with E-state index in [1.165, 1.54) is 6.33 Å². The number of aromatic nitrogens is 3. The van der Waals surface area contributed by atoms with E-state index in [4.69, 9.17) is 9.47 Å². The molecular formula is C15H15N3O3. The van der Waals surface area contributed by atoms with E-state index in [0.29, 0.717) is 22.9 Å². The number of nitrogens with zero attached hydrogens (tertiary/aromatic N) is 3. The average Bonchev–Trinajstić information content (AvgIpc) is 3.07. The van der Waals surface area contributed by atoms with Crippen molar-refractivity contribution in [3.8, 4) is 11.5 Å². The zero-order valence-electron chi connectivity index (χ0n) is 12.0. The summed E-state index contributed by atoms with van der Waals surface area (Å²) in [6.07, 6.45) is 3.21. The first-order valence-corrected chi connectivity index (χ1v) is 6.54. The molecular weight excluding hydrogens is 270 g/mol. The van der Waals surface area contributed by atoms with Crippen LogP contribution >= 0.6 is 0 Å². The summed E-state index contributed by atoms with van der Waals surface area (Å²) in [6, 6.07) is 5.40. The van der Waals surface area contributed by atoms with E-state index in [1.807, 2.05) is 31.2 Å². The van der Waals surface area contributed by atoms with E-state index in [0.717, 1.165) is 5.56 Å². The number of rotatable bonds is 3. The van der Waals surface area contributed by atoms with Crippen molar-refractivity contribution >= 4 is 11.9 Å². The minimum absolute atomic E-state index is 0.107. The van der Waals surface area contributed by atoms with Crippen molar-refractivity contribution in [2.24, 2.45) is 0 Å². The number of benzene rings is 1. The van der Waals surface area contributed by atoms with Crippen LogP contribution in [0, 0.1) is 0 Å². The van der Waals surface area contributed by atoms with Gasteiger partial charge in [-0.05, 0) is 19.1 Å². The highest BCUT2D eigenvalue weighted by atomic mass is 16.5. The largest absolute Gasteiger partial charge is 0.493 e. The van der Waals surface area contributed by atoms with E-state index in [1.54, 1.807) is 18.9 Å². The van der Waals surface area contributed by atoms with Gasteiger partial charge in [0.1, 0.15) is 6.33 Å². The number of allylic oxidation sites excluding steroid dienone is 1. The molecule has 2 heterocycles. The predicted molar refractivity (Wildman–Crippen MR) is 76.6 cm³/mol. The minimum atomic E-state index is -0.147. The van der Waals surface area contributed by atoms with Gasteiger partial charge in [0.05, 0.1) is 20.3 Å². The zero-order valence-corrected chi connectivity index (χ0v) is 12.0. The van der Waals surface area contributed by atoms with Crippen molar-refractivity contribution < 1.29 is 14.3 Å². The van der Waals surface area contributed by atoms with E-state index < -0.39 is 0 Å². The molecule has 0 bridgehead atoms. The monoisotopic (exact) mass is 285 g/mol. The van der Waals surface area contributed by atoms with E-state index in [2.05, 4.69) is 10.1 Å². The molecule has 21 heavy (non-hydrogen) atoms. The molecule has 1 aliphatic heterocycles. The highest BCUT2D eigenvalue weighted by Crippen LogP contribution is 2.36. The van der Waals surface area contributed by atoms with Crippen molar-refractivity contribution in [2.45, 2.75) is 13.0 Å². The summed E-state index contributed by atoms with van der Waals surface area (Å²) in [5.41, 5.74) is 1.43. The first kappa shape index (κ1) is 13.4. The van der Waals surface area contributed by atoms with Gasteiger partial charge < -0.3 is 9.47 Å². The van der Waals surface area contributed by atoms with Crippen LogP contribution in [0.1, 0.15) is 29.1 Å². The number of para-hydroxylation sites is 1. The van der Waals surface area contributed by atoms with Gasteiger partial charge in [-0.15, -0.1) is 0 Å². The van der Waals surface area contributed by atoms with Gasteiger partial charge in [-0.25, -0.2) is 9.67 Å². The van der Waals surface area contributed by atoms with Gasteiger partial charge in [0.25, 0.3) is 0 Å². The first-order chi connectivity index (χ1) is 10.2. The number of ether oxygens (including phenoxy) is 2. The number of carbonyl (C=O) groups excluding carboxylic acids is 1. The topological polar surface area (TPSA) is 66.2 Å². The van der Waals surface area contributed by atoms with Gasteiger partial charge >= 0.3 is 0 Å². The van der Waals surface area contributed by atoms with Crippen LogP contribution in [0.5, 0.6) is 11.5 Å². The number of ketones is 1. The smallest absolute Gasteiger partial charge is 0.228 e. The lowest BCUT2D eigenvalue weighted by Crippen LogP contribution is -2.03. The van der Waals surface area contributed by atoms with Crippen LogP contribution in [-0.2, 0) is 0 Å². The number of hydrogen-bond donors (Lipinski definition) is 0. The molecule has 0 N–H and O–H groups in total. The summed E-state index contributed by atoms with van der Waals surface area (Å²) in [5, 5.41) is 4.08. The van der Waals surface area contributed by atoms with Crippen molar-refractivity contribution in [1.82, 2.24) is 14.8 Å². The number of methoxy groups -OCH3 is 2. The summed E-state index contributed by atoms with van der Waals surface area (Å²) in [7, 11) is 3.16. The molecule has 0 amide bonds. The fourth-order valence-electron chi connectivity index (χ4n) is 2.53. The van der Waals surface area contributed by atoms with Gasteiger partial charge in [-0.2, -0.15) is 5.10 Å². The highest BCUT2D eigenvalue weighted by molar-refractivity contribution is 6.12. The molecule has 1 atom stereocenters. The molecule has 0 aliphatic carbocycles. The van der Waals surface area contributed by atoms with Crippen molar-refractivity contribution in [1.29, 1.82) is 0 Å². The molecule has 6 nitrogen and oxygen atoms in total. The third-order valence-corrected chi connectivity index (χ3v) is 3.60. The second kappa shape index (κ2) is 5.05. The van der Waals surface area contributed by atoms with Crippen LogP contribution in [0.4, 0.5) is 0 Å². The van der Waals surface area contributed by atoms with Gasteiger partial charge in [-0.3, -0.25) is 4.79 Å². The maximum absolute atomic E-state index is 12.4. The number of carbonyl (C=O) groups is 1. The number of Topliss-reactive ketones (excluding diaryl/α,β-unsaturated/α-hetero) is 1. The fraction of sp³-hybridized carbons (Fsp3) is 0.267. The molecule has 0 saturated carbocycles. The van der Waals surface area contributed by atoms with Gasteiger partial charge in [0.2, 0.25) is 5.78 Å². The van der Waals surface area contributed by atoms with Gasteiger partial charge in [0, 0.05) is 11.1 Å². The standard InChI is InChI=1S/C15H15N3O3/c1-9-11(13(19)15-16-8-17-18(9)15)7-10-5-4-6-12(20-2)14(10)21-3/h4-9H,1-3H3. The second-order valence-electron chi connectivity index (χ2n) is 4.72. The summed E-state index contributed by atoms with van der Waals surface area (Å²) in [4.78, 5) is 16.4. The Morgan fingerprint density at radius 1 is 1.29 bits per heavy atom. The third-order valence-electron chi connectivity index (χ3n) is 3.60. The molecule has 3 rings (SSSR count). The molecule has 0 saturated heterocycles. The van der Waals surface area contributed by atoms with Crippen LogP contribution in [0.15, 0.2) is 30.1 Å². The van der Waals surface area contributed by atoms with Crippen LogP contribution in [0.2, 0.25) is 0 Å². The molecule has 0 fully saturated rings. The lowest BCUT2D eigenvalue weighted by molar-refractivity contribution is 0.103. The predicted octanol–water partition coefficient (Wildman–Crippen LogP) is 2.14. The molecule has 6 heteroatoms. The van der Waals surface area contributed by atoms with Gasteiger partial charge in [0.15, 0.2) is 17.3 Å². The van der Waals surface area contributed by atoms with Crippen molar-refractivity contribution in [2.75, 3.05) is 14.2 Å². The summed E-state index contributed by atoms with van der Waals surface area (Å²) >= 11 is 0. The van der Waals surface area contributed by atoms with Gasteiger partial charge in [-0.1, -0.05) is 12.1 Å². The molecule has 0 radical (unpaired) electrons. The minimum Gasteiger partial charge on any atom is -0.493 e. The summed E-state index contributed by atoms with van der Waals surface area (Å²) in [5.74, 6) is 1.49.